The Morgan fingerprint density at radius 2 is 0.683 bits per heavy atom. The van der Waals surface area contributed by atoms with E-state index >= 15 is 0 Å². The second kappa shape index (κ2) is 15.2. The standard InChI is InChI=1S/2C9H7.2C6F5.Ti/c2*1-2-5-9-7-3-6-8(9)4-1;2*7-2-1-3(8)5(10)6(11)4(2)9;/h2*1-7H;;;/q4*-1;+4. The van der Waals surface area contributed by atoms with E-state index in [0.717, 1.165) is 12.1 Å². The average molecular weight is 612 g/mol. The molecule has 11 heteroatoms. The topological polar surface area (TPSA) is 0 Å². The molecule has 0 aliphatic rings. The Morgan fingerprint density at radius 3 is 0.976 bits per heavy atom. The molecular formula is C30H14F10Ti. The zero-order valence-electron chi connectivity index (χ0n) is 20.4. The largest absolute Gasteiger partial charge is 4.00 e. The molecule has 0 aromatic heterocycles. The van der Waals surface area contributed by atoms with Crippen molar-refractivity contribution in [2.45, 2.75) is 0 Å². The summed E-state index contributed by atoms with van der Waals surface area (Å²) in [5.74, 6) is -20.1. The molecule has 0 saturated heterocycles. The van der Waals surface area contributed by atoms with E-state index in [9.17, 15) is 43.9 Å². The van der Waals surface area contributed by atoms with E-state index in [1.807, 2.05) is 0 Å². The molecule has 0 amide bonds. The Balaban J connectivity index is 0.000000190. The zero-order valence-corrected chi connectivity index (χ0v) is 21.9. The van der Waals surface area contributed by atoms with Gasteiger partial charge in [-0.1, -0.05) is 12.1 Å². The minimum Gasteiger partial charge on any atom is -0.278 e. The van der Waals surface area contributed by atoms with Gasteiger partial charge in [-0.3, -0.25) is 17.6 Å². The van der Waals surface area contributed by atoms with E-state index in [2.05, 4.69) is 84.9 Å². The van der Waals surface area contributed by atoms with Gasteiger partial charge in [0.1, 0.15) is 0 Å². The van der Waals surface area contributed by atoms with Crippen molar-refractivity contribution in [1.29, 1.82) is 0 Å². The molecule has 0 nitrogen and oxygen atoms in total. The first-order chi connectivity index (χ1) is 19.0. The third kappa shape index (κ3) is 8.55. The molecule has 0 saturated carbocycles. The third-order valence-corrected chi connectivity index (χ3v) is 5.08. The molecule has 6 aromatic rings. The van der Waals surface area contributed by atoms with Crippen LogP contribution >= 0.6 is 0 Å². The molecule has 0 spiro atoms. The minimum atomic E-state index is -2.17. The molecule has 0 heterocycles. The van der Waals surface area contributed by atoms with E-state index < -0.39 is 58.2 Å². The number of benzene rings is 4. The van der Waals surface area contributed by atoms with Crippen molar-refractivity contribution in [3.05, 3.63) is 155 Å². The fourth-order valence-electron chi connectivity index (χ4n) is 3.13. The second-order valence-corrected chi connectivity index (χ2v) is 7.70. The third-order valence-electron chi connectivity index (χ3n) is 5.08. The van der Waals surface area contributed by atoms with E-state index in [1.165, 1.54) is 21.5 Å². The van der Waals surface area contributed by atoms with Crippen LogP contribution in [0.25, 0.3) is 21.5 Å². The summed E-state index contributed by atoms with van der Waals surface area (Å²) < 4.78 is 120. The minimum absolute atomic E-state index is 0. The number of hydrogen-bond donors (Lipinski definition) is 0. The van der Waals surface area contributed by atoms with Gasteiger partial charge in [0.05, 0.1) is 58.2 Å². The van der Waals surface area contributed by atoms with Crippen molar-refractivity contribution in [1.82, 2.24) is 0 Å². The van der Waals surface area contributed by atoms with Crippen LogP contribution < -0.4 is 0 Å². The summed E-state index contributed by atoms with van der Waals surface area (Å²) in [5.41, 5.74) is 0. The maximum atomic E-state index is 12.0. The molecule has 0 N–H and O–H groups in total. The van der Waals surface area contributed by atoms with E-state index in [-0.39, 0.29) is 21.7 Å². The maximum Gasteiger partial charge on any atom is 4.00 e. The van der Waals surface area contributed by atoms with Crippen molar-refractivity contribution >= 4 is 21.5 Å². The van der Waals surface area contributed by atoms with Gasteiger partial charge in [-0.05, 0) is 0 Å². The number of fused-ring (bicyclic) bond motifs is 2. The molecule has 0 radical (unpaired) electrons. The summed E-state index contributed by atoms with van der Waals surface area (Å²) in [6, 6.07) is 31.4. The summed E-state index contributed by atoms with van der Waals surface area (Å²) >= 11 is 0. The molecule has 41 heavy (non-hydrogen) atoms. The first-order valence-corrected chi connectivity index (χ1v) is 11.0. The molecule has 0 bridgehead atoms. The Morgan fingerprint density at radius 1 is 0.390 bits per heavy atom. The maximum absolute atomic E-state index is 12.0. The van der Waals surface area contributed by atoms with Crippen LogP contribution in [0.2, 0.25) is 0 Å². The van der Waals surface area contributed by atoms with Crippen molar-refractivity contribution in [2.75, 3.05) is 0 Å². The Labute approximate surface area is 242 Å². The van der Waals surface area contributed by atoms with Crippen molar-refractivity contribution in [3.8, 4) is 0 Å². The molecule has 0 aliphatic carbocycles. The summed E-state index contributed by atoms with van der Waals surface area (Å²) in [6.07, 6.45) is 0. The monoisotopic (exact) mass is 612 g/mol. The molecule has 0 unspecified atom stereocenters. The van der Waals surface area contributed by atoms with Crippen LogP contribution in [0.1, 0.15) is 0 Å². The summed E-state index contributed by atoms with van der Waals surface area (Å²) in [5, 5.41) is 5.32. The van der Waals surface area contributed by atoms with Gasteiger partial charge in [-0.25, -0.2) is 26.3 Å². The molecular weight excluding hydrogens is 598 g/mol. The summed E-state index contributed by atoms with van der Waals surface area (Å²) in [7, 11) is 0. The van der Waals surface area contributed by atoms with Crippen LogP contribution in [0.15, 0.2) is 84.9 Å². The molecule has 0 aliphatic heterocycles. The molecule has 208 valence electrons. The van der Waals surface area contributed by atoms with Gasteiger partial charge in [0.2, 0.25) is 0 Å². The van der Waals surface area contributed by atoms with E-state index in [0.29, 0.717) is 0 Å². The van der Waals surface area contributed by atoms with Crippen LogP contribution in [0.3, 0.4) is 0 Å². The van der Waals surface area contributed by atoms with Gasteiger partial charge in [0.15, 0.2) is 0 Å². The van der Waals surface area contributed by atoms with Crippen LogP contribution in [0, 0.1) is 70.3 Å². The predicted octanol–water partition coefficient (Wildman–Crippen LogP) is 9.48. The summed E-state index contributed by atoms with van der Waals surface area (Å²) in [6.45, 7) is 0. The number of rotatable bonds is 0. The first kappa shape index (κ1) is 33.3. The van der Waals surface area contributed by atoms with Gasteiger partial charge in [0, 0.05) is 0 Å². The van der Waals surface area contributed by atoms with Crippen LogP contribution in [0.5, 0.6) is 0 Å². The number of hydrogen-bond acceptors (Lipinski definition) is 0. The van der Waals surface area contributed by atoms with Crippen molar-refractivity contribution in [2.24, 2.45) is 0 Å². The van der Waals surface area contributed by atoms with Crippen molar-refractivity contribution in [3.63, 3.8) is 0 Å². The zero-order chi connectivity index (χ0) is 29.4. The number of halogens is 10. The van der Waals surface area contributed by atoms with Crippen LogP contribution in [0.4, 0.5) is 43.9 Å². The van der Waals surface area contributed by atoms with Crippen LogP contribution in [-0.4, -0.2) is 0 Å². The second-order valence-electron chi connectivity index (χ2n) is 7.70. The molecule has 0 fully saturated rings. The Hall–Kier alpha value is -3.89. The first-order valence-electron chi connectivity index (χ1n) is 11.0. The molecule has 6 aromatic carbocycles. The fourth-order valence-corrected chi connectivity index (χ4v) is 3.13. The normalized spacial score (nSPS) is 10.0. The molecule has 6 rings (SSSR count). The quantitative estimate of drug-likeness (QED) is 0.0527. The molecule has 0 atom stereocenters. The SMILES string of the molecule is Fc1[c-]c(F)c(F)c(F)c1F.Fc1[c-]c(F)c(F)c(F)c1F.[Ti+4].c1ccc2[cH-]ccc2c1.c1ccc2[cH-]ccc2c1. The Kier molecular flexibility index (Phi) is 12.4. The average Bonchev–Trinajstić information content (AvgIpc) is 3.64. The van der Waals surface area contributed by atoms with Gasteiger partial charge in [-0.2, -0.15) is 35.0 Å². The smallest absolute Gasteiger partial charge is 0.278 e. The fraction of sp³-hybridized carbons (Fsp3) is 0. The van der Waals surface area contributed by atoms with Gasteiger partial charge in [0.25, 0.3) is 0 Å². The van der Waals surface area contributed by atoms with Gasteiger partial charge < -0.3 is 0 Å². The van der Waals surface area contributed by atoms with Crippen LogP contribution in [-0.2, 0) is 21.7 Å². The van der Waals surface area contributed by atoms with Crippen molar-refractivity contribution < 1.29 is 65.6 Å². The van der Waals surface area contributed by atoms with E-state index in [4.69, 9.17) is 0 Å². The summed E-state index contributed by atoms with van der Waals surface area (Å²) in [4.78, 5) is 0. The van der Waals surface area contributed by atoms with Gasteiger partial charge in [-0.15, -0.1) is 71.4 Å². The van der Waals surface area contributed by atoms with Gasteiger partial charge >= 0.3 is 21.7 Å². The Bertz CT molecular complexity index is 1480. The van der Waals surface area contributed by atoms with E-state index in [1.54, 1.807) is 0 Å². The predicted molar refractivity (Wildman–Crippen MR) is 129 cm³/mol.